The molecule has 2 heterocycles. The second kappa shape index (κ2) is 5.16. The molecule has 0 saturated heterocycles. The molecule has 0 aliphatic rings. The van der Waals surface area contributed by atoms with E-state index in [4.69, 9.17) is 0 Å². The van der Waals surface area contributed by atoms with Gasteiger partial charge in [-0.05, 0) is 11.8 Å². The lowest BCUT2D eigenvalue weighted by Crippen LogP contribution is -2.17. The molecule has 6 nitrogen and oxygen atoms in total. The van der Waals surface area contributed by atoms with Crippen LogP contribution in [0.1, 0.15) is 26.6 Å². The van der Waals surface area contributed by atoms with Crippen LogP contribution in [0, 0.1) is 0 Å². The Morgan fingerprint density at radius 2 is 2.00 bits per heavy atom. The van der Waals surface area contributed by atoms with Crippen molar-refractivity contribution >= 4 is 17.6 Å². The van der Waals surface area contributed by atoms with E-state index < -0.39 is 0 Å². The van der Waals surface area contributed by atoms with Gasteiger partial charge in [-0.3, -0.25) is 0 Å². The van der Waals surface area contributed by atoms with Crippen LogP contribution in [0.2, 0.25) is 0 Å². The van der Waals surface area contributed by atoms with Gasteiger partial charge in [0.25, 0.3) is 0 Å². The molecule has 1 N–H and O–H groups in total. The summed E-state index contributed by atoms with van der Waals surface area (Å²) in [6, 6.07) is 1.91. The highest BCUT2D eigenvalue weighted by Crippen LogP contribution is 2.28. The average Bonchev–Trinajstić information content (AvgIpc) is 2.73. The maximum atomic E-state index is 4.60. The summed E-state index contributed by atoms with van der Waals surface area (Å²) in [6.07, 6.45) is 1.67. The van der Waals surface area contributed by atoms with Crippen LogP contribution in [0.3, 0.4) is 0 Å². The Morgan fingerprint density at radius 3 is 2.53 bits per heavy atom. The van der Waals surface area contributed by atoms with Crippen LogP contribution in [0.5, 0.6) is 0 Å². The second-order valence-corrected chi connectivity index (χ2v) is 6.23. The Hall–Kier alpha value is -1.63. The summed E-state index contributed by atoms with van der Waals surface area (Å²) in [4.78, 5) is 9.10. The first-order valence-electron chi connectivity index (χ1n) is 5.99. The minimum Gasteiger partial charge on any atom is -0.373 e. The number of nitrogens with one attached hydrogen (secondary N) is 1. The quantitative estimate of drug-likeness (QED) is 0.867. The normalized spacial score (nSPS) is 11.6. The van der Waals surface area contributed by atoms with Gasteiger partial charge in [0.1, 0.15) is 23.0 Å². The molecule has 102 valence electrons. The first-order valence-corrected chi connectivity index (χ1v) is 6.81. The van der Waals surface area contributed by atoms with Gasteiger partial charge in [-0.25, -0.2) is 9.97 Å². The lowest BCUT2D eigenvalue weighted by molar-refractivity contribution is 0.539. The molecule has 7 heteroatoms. The van der Waals surface area contributed by atoms with Gasteiger partial charge in [0.15, 0.2) is 5.16 Å². The minimum atomic E-state index is -0.0952. The smallest absolute Gasteiger partial charge is 0.197 e. The van der Waals surface area contributed by atoms with E-state index in [0.717, 1.165) is 21.8 Å². The summed E-state index contributed by atoms with van der Waals surface area (Å²) in [5.41, 5.74) is -0.0952. The minimum absolute atomic E-state index is 0.0952. The highest BCUT2D eigenvalue weighted by atomic mass is 32.2. The fourth-order valence-electron chi connectivity index (χ4n) is 1.40. The van der Waals surface area contributed by atoms with E-state index in [2.05, 4.69) is 46.3 Å². The van der Waals surface area contributed by atoms with Crippen molar-refractivity contribution in [2.75, 3.05) is 12.4 Å². The molecule has 2 aromatic rings. The van der Waals surface area contributed by atoms with Gasteiger partial charge >= 0.3 is 0 Å². The Kier molecular flexibility index (Phi) is 3.75. The third-order valence-electron chi connectivity index (χ3n) is 2.50. The summed E-state index contributed by atoms with van der Waals surface area (Å²) in [5.74, 6) is 1.62. The fourth-order valence-corrected chi connectivity index (χ4v) is 2.17. The summed E-state index contributed by atoms with van der Waals surface area (Å²) in [7, 11) is 3.76. The van der Waals surface area contributed by atoms with E-state index in [1.165, 1.54) is 11.8 Å². The summed E-state index contributed by atoms with van der Waals surface area (Å²) >= 11 is 1.48. The van der Waals surface area contributed by atoms with Crippen LogP contribution in [-0.4, -0.2) is 31.8 Å². The molecule has 2 rings (SSSR count). The Bertz CT molecular complexity index is 572. The van der Waals surface area contributed by atoms with E-state index >= 15 is 0 Å². The summed E-state index contributed by atoms with van der Waals surface area (Å²) in [5, 5.41) is 12.7. The van der Waals surface area contributed by atoms with Crippen LogP contribution >= 0.6 is 11.8 Å². The average molecular weight is 278 g/mol. The van der Waals surface area contributed by atoms with E-state index in [1.807, 2.05) is 24.7 Å². The molecular formula is C12H18N6S. The van der Waals surface area contributed by atoms with E-state index in [9.17, 15) is 0 Å². The van der Waals surface area contributed by atoms with E-state index in [0.29, 0.717) is 0 Å². The van der Waals surface area contributed by atoms with Crippen molar-refractivity contribution in [3.63, 3.8) is 0 Å². The lowest BCUT2D eigenvalue weighted by atomic mass is 9.96. The summed E-state index contributed by atoms with van der Waals surface area (Å²) in [6.45, 7) is 6.29. The molecule has 2 aromatic heterocycles. The molecule has 0 atom stereocenters. The van der Waals surface area contributed by atoms with Gasteiger partial charge in [0.2, 0.25) is 0 Å². The van der Waals surface area contributed by atoms with Crippen molar-refractivity contribution in [1.82, 2.24) is 24.7 Å². The molecule has 0 amide bonds. The number of aryl methyl sites for hydroxylation is 1. The molecule has 0 spiro atoms. The predicted molar refractivity (Wildman–Crippen MR) is 75.4 cm³/mol. The number of rotatable bonds is 3. The molecule has 0 fully saturated rings. The molecule has 0 radical (unpaired) electrons. The van der Waals surface area contributed by atoms with Gasteiger partial charge < -0.3 is 9.88 Å². The summed E-state index contributed by atoms with van der Waals surface area (Å²) < 4.78 is 1.86. The lowest BCUT2D eigenvalue weighted by Gasteiger charge is -2.18. The van der Waals surface area contributed by atoms with Crippen molar-refractivity contribution in [2.24, 2.45) is 7.05 Å². The first-order chi connectivity index (χ1) is 8.90. The highest BCUT2D eigenvalue weighted by Gasteiger charge is 2.19. The SMILES string of the molecule is CNc1cc(Sc2nncn2C)nc(C(C)(C)C)n1. The van der Waals surface area contributed by atoms with Crippen LogP contribution in [0.15, 0.2) is 22.6 Å². The Morgan fingerprint density at radius 1 is 1.26 bits per heavy atom. The Labute approximate surface area is 117 Å². The molecule has 0 aromatic carbocycles. The standard InChI is InChI=1S/C12H18N6S/c1-12(2,3)10-15-8(13-4)6-9(16-10)19-11-17-14-7-18(11)5/h6-7H,1-5H3,(H,13,15,16). The molecule has 0 saturated carbocycles. The van der Waals surface area contributed by atoms with Crippen molar-refractivity contribution < 1.29 is 0 Å². The first kappa shape index (κ1) is 13.8. The van der Waals surface area contributed by atoms with Gasteiger partial charge in [-0.15, -0.1) is 10.2 Å². The Balaban J connectivity index is 2.37. The van der Waals surface area contributed by atoms with Crippen LogP contribution in [-0.2, 0) is 12.5 Å². The van der Waals surface area contributed by atoms with E-state index in [-0.39, 0.29) is 5.41 Å². The third kappa shape index (κ3) is 3.23. The van der Waals surface area contributed by atoms with Gasteiger partial charge in [-0.1, -0.05) is 20.8 Å². The van der Waals surface area contributed by atoms with Crippen LogP contribution in [0.4, 0.5) is 5.82 Å². The molecule has 0 bridgehead atoms. The van der Waals surface area contributed by atoms with Gasteiger partial charge in [-0.2, -0.15) is 0 Å². The molecule has 19 heavy (non-hydrogen) atoms. The van der Waals surface area contributed by atoms with Crippen LogP contribution < -0.4 is 5.32 Å². The second-order valence-electron chi connectivity index (χ2n) is 5.24. The molecule has 0 unspecified atom stereocenters. The molecule has 0 aliphatic heterocycles. The van der Waals surface area contributed by atoms with Crippen LogP contribution in [0.25, 0.3) is 0 Å². The van der Waals surface area contributed by atoms with Crippen molar-refractivity contribution in [1.29, 1.82) is 0 Å². The zero-order valence-corrected chi connectivity index (χ0v) is 12.6. The highest BCUT2D eigenvalue weighted by molar-refractivity contribution is 7.99. The molecular weight excluding hydrogens is 260 g/mol. The largest absolute Gasteiger partial charge is 0.373 e. The predicted octanol–water partition coefficient (Wildman–Crippen LogP) is 2.10. The maximum Gasteiger partial charge on any atom is 0.197 e. The monoisotopic (exact) mass is 278 g/mol. The number of hydrogen-bond acceptors (Lipinski definition) is 6. The number of nitrogens with zero attached hydrogens (tertiary/aromatic N) is 5. The number of anilines is 1. The van der Waals surface area contributed by atoms with Crippen molar-refractivity contribution in [3.8, 4) is 0 Å². The van der Waals surface area contributed by atoms with Crippen molar-refractivity contribution in [3.05, 3.63) is 18.2 Å². The number of aromatic nitrogens is 5. The van der Waals surface area contributed by atoms with Gasteiger partial charge in [0.05, 0.1) is 0 Å². The fraction of sp³-hybridized carbons (Fsp3) is 0.500. The van der Waals surface area contributed by atoms with E-state index in [1.54, 1.807) is 6.33 Å². The topological polar surface area (TPSA) is 68.5 Å². The zero-order valence-electron chi connectivity index (χ0n) is 11.8. The third-order valence-corrected chi connectivity index (χ3v) is 3.47. The molecule has 0 aliphatic carbocycles. The maximum absolute atomic E-state index is 4.60. The zero-order chi connectivity index (χ0) is 14.0. The van der Waals surface area contributed by atoms with Gasteiger partial charge in [0, 0.05) is 25.6 Å². The van der Waals surface area contributed by atoms with Crippen molar-refractivity contribution in [2.45, 2.75) is 36.4 Å². The number of hydrogen-bond donors (Lipinski definition) is 1.